The Morgan fingerprint density at radius 3 is 2.41 bits per heavy atom. The van der Waals surface area contributed by atoms with Crippen LogP contribution in [0.5, 0.6) is 0 Å². The summed E-state index contributed by atoms with van der Waals surface area (Å²) in [7, 11) is 0.422. The molecule has 1 aromatic carbocycles. The van der Waals surface area contributed by atoms with Crippen LogP contribution in [0.1, 0.15) is 0 Å². The van der Waals surface area contributed by atoms with E-state index in [1.807, 2.05) is 14.1 Å². The highest BCUT2D eigenvalue weighted by atomic mass is 32.2. The fourth-order valence-corrected chi connectivity index (χ4v) is 2.84. The van der Waals surface area contributed by atoms with Gasteiger partial charge >= 0.3 is 0 Å². The summed E-state index contributed by atoms with van der Waals surface area (Å²) in [6, 6.07) is 11.7. The van der Waals surface area contributed by atoms with Crippen LogP contribution in [0.25, 0.3) is 0 Å². The summed E-state index contributed by atoms with van der Waals surface area (Å²) in [4.78, 5) is 6.49. The van der Waals surface area contributed by atoms with Crippen LogP contribution in [-0.4, -0.2) is 45.5 Å². The number of hydrogen-bond acceptors (Lipinski definition) is 5. The van der Waals surface area contributed by atoms with Gasteiger partial charge in [0.2, 0.25) is 0 Å². The summed E-state index contributed by atoms with van der Waals surface area (Å²) >= 11 is 0. The maximum absolute atomic E-state index is 12.2. The van der Waals surface area contributed by atoms with Gasteiger partial charge in [0, 0.05) is 13.1 Å². The zero-order chi connectivity index (χ0) is 16.0. The zero-order valence-electron chi connectivity index (χ0n) is 12.7. The molecule has 0 aliphatic heterocycles. The topological polar surface area (TPSA) is 74.3 Å². The molecule has 1 aromatic heterocycles. The molecule has 0 spiro atoms. The molecule has 0 atom stereocenters. The highest BCUT2D eigenvalue weighted by molar-refractivity contribution is 7.92. The van der Waals surface area contributed by atoms with Crippen molar-refractivity contribution in [1.82, 2.24) is 9.88 Å². The molecule has 0 bridgehead atoms. The van der Waals surface area contributed by atoms with E-state index in [1.165, 1.54) is 6.20 Å². The van der Waals surface area contributed by atoms with Crippen LogP contribution in [-0.2, 0) is 10.0 Å². The van der Waals surface area contributed by atoms with Crippen LogP contribution < -0.4 is 10.0 Å². The van der Waals surface area contributed by atoms with Crippen molar-refractivity contribution < 1.29 is 8.42 Å². The first-order valence-electron chi connectivity index (χ1n) is 6.90. The van der Waals surface area contributed by atoms with Crippen molar-refractivity contribution in [3.05, 3.63) is 48.7 Å². The van der Waals surface area contributed by atoms with Gasteiger partial charge < -0.3 is 10.2 Å². The molecule has 6 nitrogen and oxygen atoms in total. The first-order valence-corrected chi connectivity index (χ1v) is 8.38. The molecule has 0 unspecified atom stereocenters. The number of pyridine rings is 1. The molecule has 0 aliphatic rings. The third-order valence-corrected chi connectivity index (χ3v) is 4.33. The fraction of sp³-hybridized carbons (Fsp3) is 0.267. The molecule has 0 radical (unpaired) electrons. The highest BCUT2D eigenvalue weighted by Gasteiger charge is 2.13. The predicted molar refractivity (Wildman–Crippen MR) is 88.5 cm³/mol. The van der Waals surface area contributed by atoms with Gasteiger partial charge in [-0.1, -0.05) is 18.2 Å². The number of nitrogens with one attached hydrogen (secondary N) is 2. The highest BCUT2D eigenvalue weighted by Crippen LogP contribution is 2.16. The predicted octanol–water partition coefficient (Wildman–Crippen LogP) is 1.86. The molecule has 118 valence electrons. The van der Waals surface area contributed by atoms with Crippen LogP contribution in [0, 0.1) is 0 Å². The fourth-order valence-electron chi connectivity index (χ4n) is 1.78. The Balaban J connectivity index is 1.99. The number of hydrogen-bond donors (Lipinski definition) is 2. The van der Waals surface area contributed by atoms with E-state index in [9.17, 15) is 8.42 Å². The summed E-state index contributed by atoms with van der Waals surface area (Å²) in [5.74, 6) is 0.713. The van der Waals surface area contributed by atoms with Gasteiger partial charge in [0.25, 0.3) is 10.0 Å². The smallest absolute Gasteiger partial charge is 0.261 e. The molecule has 0 saturated carbocycles. The van der Waals surface area contributed by atoms with Gasteiger partial charge in [0.15, 0.2) is 0 Å². The first-order chi connectivity index (χ1) is 10.5. The number of rotatable bonds is 7. The maximum atomic E-state index is 12.2. The van der Waals surface area contributed by atoms with Crippen molar-refractivity contribution >= 4 is 21.5 Å². The van der Waals surface area contributed by atoms with Crippen LogP contribution in [0.4, 0.5) is 11.5 Å². The molecular weight excluding hydrogens is 300 g/mol. The normalized spacial score (nSPS) is 11.4. The molecular formula is C15H20N4O2S. The zero-order valence-corrected chi connectivity index (χ0v) is 13.5. The summed E-state index contributed by atoms with van der Waals surface area (Å²) in [6.07, 6.45) is 1.50. The average molecular weight is 320 g/mol. The Morgan fingerprint density at radius 2 is 1.82 bits per heavy atom. The molecule has 1 heterocycles. The van der Waals surface area contributed by atoms with Crippen LogP contribution >= 0.6 is 0 Å². The van der Waals surface area contributed by atoms with Crippen molar-refractivity contribution in [3.8, 4) is 0 Å². The molecule has 0 aliphatic carbocycles. The molecule has 22 heavy (non-hydrogen) atoms. The average Bonchev–Trinajstić information content (AvgIpc) is 2.49. The summed E-state index contributed by atoms with van der Waals surface area (Å²) in [6.45, 7) is 1.67. The van der Waals surface area contributed by atoms with Gasteiger partial charge in [-0.2, -0.15) is 0 Å². The van der Waals surface area contributed by atoms with E-state index in [4.69, 9.17) is 0 Å². The van der Waals surface area contributed by atoms with E-state index in [-0.39, 0.29) is 4.90 Å². The van der Waals surface area contributed by atoms with Crippen molar-refractivity contribution in [2.75, 3.05) is 37.2 Å². The molecule has 2 rings (SSSR count). The van der Waals surface area contributed by atoms with Gasteiger partial charge in [-0.3, -0.25) is 4.72 Å². The second kappa shape index (κ2) is 7.24. The van der Waals surface area contributed by atoms with E-state index < -0.39 is 10.0 Å². The molecule has 0 fully saturated rings. The molecule has 2 N–H and O–H groups in total. The minimum Gasteiger partial charge on any atom is -0.369 e. The molecule has 7 heteroatoms. The second-order valence-electron chi connectivity index (χ2n) is 5.08. The second-order valence-corrected chi connectivity index (χ2v) is 6.76. The number of anilines is 2. The number of sulfonamides is 1. The monoisotopic (exact) mass is 320 g/mol. The van der Waals surface area contributed by atoms with Crippen molar-refractivity contribution in [2.24, 2.45) is 0 Å². The number of likely N-dealkylation sites (N-methyl/N-ethyl adjacent to an activating group) is 1. The number of nitrogens with zero attached hydrogens (tertiary/aromatic N) is 2. The standard InChI is InChI=1S/C15H20N4O2S/c1-19(2)11-10-16-15-9-8-13(12-17-15)18-22(20,21)14-6-4-3-5-7-14/h3-9,12,18H,10-11H2,1-2H3,(H,16,17). The summed E-state index contributed by atoms with van der Waals surface area (Å²) in [5, 5.41) is 3.17. The van der Waals surface area contributed by atoms with Crippen LogP contribution in [0.3, 0.4) is 0 Å². The van der Waals surface area contributed by atoms with Crippen LogP contribution in [0.2, 0.25) is 0 Å². The lowest BCUT2D eigenvalue weighted by molar-refractivity contribution is 0.425. The van der Waals surface area contributed by atoms with E-state index in [0.29, 0.717) is 11.5 Å². The first kappa shape index (κ1) is 16.3. The van der Waals surface area contributed by atoms with Gasteiger partial charge in [-0.15, -0.1) is 0 Å². The lowest BCUT2D eigenvalue weighted by Gasteiger charge is -2.11. The van der Waals surface area contributed by atoms with Crippen molar-refractivity contribution in [3.63, 3.8) is 0 Å². The minimum absolute atomic E-state index is 0.225. The lowest BCUT2D eigenvalue weighted by Crippen LogP contribution is -2.21. The maximum Gasteiger partial charge on any atom is 0.261 e. The van der Waals surface area contributed by atoms with Crippen molar-refractivity contribution in [2.45, 2.75) is 4.90 Å². The van der Waals surface area contributed by atoms with Gasteiger partial charge in [0.05, 0.1) is 16.8 Å². The van der Waals surface area contributed by atoms with Crippen LogP contribution in [0.15, 0.2) is 53.6 Å². The van der Waals surface area contributed by atoms with E-state index in [1.54, 1.807) is 42.5 Å². The molecule has 0 saturated heterocycles. The lowest BCUT2D eigenvalue weighted by atomic mass is 10.4. The number of benzene rings is 1. The Bertz CT molecular complexity index is 685. The van der Waals surface area contributed by atoms with Gasteiger partial charge in [-0.05, 0) is 38.4 Å². The Labute approximate surface area is 131 Å². The molecule has 0 amide bonds. The third-order valence-electron chi connectivity index (χ3n) is 2.93. The third kappa shape index (κ3) is 4.71. The van der Waals surface area contributed by atoms with Crippen molar-refractivity contribution in [1.29, 1.82) is 0 Å². The quantitative estimate of drug-likeness (QED) is 0.814. The largest absolute Gasteiger partial charge is 0.369 e. The van der Waals surface area contributed by atoms with E-state index in [0.717, 1.165) is 13.1 Å². The Morgan fingerprint density at radius 1 is 1.09 bits per heavy atom. The Kier molecular flexibility index (Phi) is 5.35. The minimum atomic E-state index is -3.57. The van der Waals surface area contributed by atoms with Gasteiger partial charge in [0.1, 0.15) is 5.82 Å². The number of aromatic nitrogens is 1. The SMILES string of the molecule is CN(C)CCNc1ccc(NS(=O)(=O)c2ccccc2)cn1. The van der Waals surface area contributed by atoms with Gasteiger partial charge in [-0.25, -0.2) is 13.4 Å². The van der Waals surface area contributed by atoms with E-state index >= 15 is 0 Å². The summed E-state index contributed by atoms with van der Waals surface area (Å²) < 4.78 is 26.9. The molecule has 2 aromatic rings. The van der Waals surface area contributed by atoms with E-state index in [2.05, 4.69) is 19.9 Å². The summed E-state index contributed by atoms with van der Waals surface area (Å²) in [5.41, 5.74) is 0.432. The Hall–Kier alpha value is -2.12.